The molecule has 0 aliphatic heterocycles. The number of aromatic carboxylic acids is 2. The molecule has 0 amide bonds. The highest BCUT2D eigenvalue weighted by molar-refractivity contribution is 5.95. The van der Waals surface area contributed by atoms with Gasteiger partial charge < -0.3 is 10.2 Å². The minimum Gasteiger partial charge on any atom is -0.478 e. The fourth-order valence-electron chi connectivity index (χ4n) is 1.64. The second kappa shape index (κ2) is 4.85. The maximum atomic E-state index is 13.6. The molecular weight excluding hydrogens is 253 g/mol. The molecule has 0 aliphatic rings. The molecule has 1 aromatic carbocycles. The van der Waals surface area contributed by atoms with Crippen LogP contribution in [0.4, 0.5) is 4.39 Å². The maximum absolute atomic E-state index is 13.6. The van der Waals surface area contributed by atoms with Gasteiger partial charge in [-0.2, -0.15) is 0 Å². The van der Waals surface area contributed by atoms with Crippen LogP contribution in [0.3, 0.4) is 0 Å². The van der Waals surface area contributed by atoms with Gasteiger partial charge in [-0.25, -0.2) is 14.0 Å². The summed E-state index contributed by atoms with van der Waals surface area (Å²) >= 11 is 0. The van der Waals surface area contributed by atoms with Crippen LogP contribution in [0, 0.1) is 5.82 Å². The zero-order chi connectivity index (χ0) is 14.0. The summed E-state index contributed by atoms with van der Waals surface area (Å²) in [5, 5.41) is 17.7. The molecule has 1 aromatic heterocycles. The number of carbonyl (C=O) groups is 2. The minimum absolute atomic E-state index is 0.0787. The van der Waals surface area contributed by atoms with Crippen molar-refractivity contribution >= 4 is 11.9 Å². The van der Waals surface area contributed by atoms with Gasteiger partial charge in [0.05, 0.1) is 16.8 Å². The van der Waals surface area contributed by atoms with Crippen molar-refractivity contribution in [3.05, 3.63) is 53.5 Å². The van der Waals surface area contributed by atoms with Crippen molar-refractivity contribution in [1.82, 2.24) is 4.98 Å². The number of hydrogen-bond acceptors (Lipinski definition) is 3. The molecule has 2 N–H and O–H groups in total. The smallest absolute Gasteiger partial charge is 0.338 e. The predicted octanol–water partition coefficient (Wildman–Crippen LogP) is 2.28. The molecule has 1 heterocycles. The number of halogens is 1. The number of aromatic nitrogens is 1. The predicted molar refractivity (Wildman–Crippen MR) is 63.5 cm³/mol. The lowest BCUT2D eigenvalue weighted by Gasteiger charge is -2.06. The van der Waals surface area contributed by atoms with E-state index in [0.717, 1.165) is 12.1 Å². The molecule has 5 nitrogen and oxygen atoms in total. The van der Waals surface area contributed by atoms with Crippen molar-refractivity contribution in [2.45, 2.75) is 0 Å². The van der Waals surface area contributed by atoms with E-state index < -0.39 is 23.3 Å². The maximum Gasteiger partial charge on any atom is 0.338 e. The first kappa shape index (κ1) is 12.7. The molecule has 0 atom stereocenters. The Kier molecular flexibility index (Phi) is 3.24. The molecule has 0 fully saturated rings. The molecule has 0 spiro atoms. The van der Waals surface area contributed by atoms with E-state index >= 15 is 0 Å². The SMILES string of the molecule is O=C(O)c1ccc(-c2ncccc2C(=O)O)cc1F. The zero-order valence-electron chi connectivity index (χ0n) is 9.50. The summed E-state index contributed by atoms with van der Waals surface area (Å²) in [5.74, 6) is -3.51. The van der Waals surface area contributed by atoms with Gasteiger partial charge in [0.15, 0.2) is 0 Å². The average Bonchev–Trinajstić information content (AvgIpc) is 2.38. The van der Waals surface area contributed by atoms with Crippen molar-refractivity contribution in [3.8, 4) is 11.3 Å². The van der Waals surface area contributed by atoms with Crippen molar-refractivity contribution < 1.29 is 24.2 Å². The second-order valence-corrected chi connectivity index (χ2v) is 3.70. The Labute approximate surface area is 107 Å². The Morgan fingerprint density at radius 1 is 1.05 bits per heavy atom. The summed E-state index contributed by atoms with van der Waals surface area (Å²) in [7, 11) is 0. The van der Waals surface area contributed by atoms with Gasteiger partial charge >= 0.3 is 11.9 Å². The molecule has 0 saturated carbocycles. The first-order chi connectivity index (χ1) is 9.00. The molecule has 0 radical (unpaired) electrons. The number of carboxylic acid groups (broad SMARTS) is 2. The van der Waals surface area contributed by atoms with E-state index in [0.29, 0.717) is 0 Å². The molecule has 0 aliphatic carbocycles. The van der Waals surface area contributed by atoms with Crippen molar-refractivity contribution in [3.63, 3.8) is 0 Å². The monoisotopic (exact) mass is 261 g/mol. The number of hydrogen-bond donors (Lipinski definition) is 2. The van der Waals surface area contributed by atoms with Crippen LogP contribution in [-0.2, 0) is 0 Å². The fraction of sp³-hybridized carbons (Fsp3) is 0. The first-order valence-corrected chi connectivity index (χ1v) is 5.22. The number of rotatable bonds is 3. The largest absolute Gasteiger partial charge is 0.478 e. The standard InChI is InChI=1S/C13H8FNO4/c14-10-6-7(3-4-8(10)12(16)17)11-9(13(18)19)2-1-5-15-11/h1-6H,(H,16,17)(H,18,19). The molecule has 0 saturated heterocycles. The summed E-state index contributed by atoms with van der Waals surface area (Å²) in [4.78, 5) is 25.6. The minimum atomic E-state index is -1.39. The highest BCUT2D eigenvalue weighted by Crippen LogP contribution is 2.23. The quantitative estimate of drug-likeness (QED) is 0.884. The average molecular weight is 261 g/mol. The van der Waals surface area contributed by atoms with Gasteiger partial charge in [-0.1, -0.05) is 6.07 Å². The number of benzene rings is 1. The molecule has 0 bridgehead atoms. The fourth-order valence-corrected chi connectivity index (χ4v) is 1.64. The van der Waals surface area contributed by atoms with E-state index in [1.54, 1.807) is 0 Å². The van der Waals surface area contributed by atoms with E-state index in [1.807, 2.05) is 0 Å². The van der Waals surface area contributed by atoms with Crippen LogP contribution in [0.5, 0.6) is 0 Å². The van der Waals surface area contributed by atoms with Gasteiger partial charge in [-0.3, -0.25) is 4.98 Å². The zero-order valence-corrected chi connectivity index (χ0v) is 9.50. The van der Waals surface area contributed by atoms with Crippen LogP contribution in [0.2, 0.25) is 0 Å². The van der Waals surface area contributed by atoms with Crippen LogP contribution in [0.1, 0.15) is 20.7 Å². The van der Waals surface area contributed by atoms with Gasteiger partial charge in [0.25, 0.3) is 0 Å². The number of carboxylic acids is 2. The van der Waals surface area contributed by atoms with Crippen molar-refractivity contribution in [1.29, 1.82) is 0 Å². The normalized spacial score (nSPS) is 10.2. The van der Waals surface area contributed by atoms with Crippen molar-refractivity contribution in [2.24, 2.45) is 0 Å². The third-order valence-electron chi connectivity index (χ3n) is 2.51. The van der Waals surface area contributed by atoms with Gasteiger partial charge in [0, 0.05) is 11.8 Å². The summed E-state index contributed by atoms with van der Waals surface area (Å²) in [6.07, 6.45) is 1.38. The lowest BCUT2D eigenvalue weighted by atomic mass is 10.0. The van der Waals surface area contributed by atoms with E-state index in [4.69, 9.17) is 10.2 Å². The van der Waals surface area contributed by atoms with Crippen LogP contribution in [-0.4, -0.2) is 27.1 Å². The van der Waals surface area contributed by atoms with E-state index in [-0.39, 0.29) is 16.8 Å². The molecule has 0 unspecified atom stereocenters. The second-order valence-electron chi connectivity index (χ2n) is 3.70. The third-order valence-corrected chi connectivity index (χ3v) is 2.51. The van der Waals surface area contributed by atoms with E-state index in [1.165, 1.54) is 24.4 Å². The van der Waals surface area contributed by atoms with E-state index in [9.17, 15) is 14.0 Å². The highest BCUT2D eigenvalue weighted by Gasteiger charge is 2.16. The Hall–Kier alpha value is -2.76. The summed E-state index contributed by atoms with van der Waals surface area (Å²) in [6, 6.07) is 6.15. The molecule has 96 valence electrons. The van der Waals surface area contributed by atoms with Gasteiger partial charge in [0.1, 0.15) is 5.82 Å². The van der Waals surface area contributed by atoms with Gasteiger partial charge in [0.2, 0.25) is 0 Å². The summed E-state index contributed by atoms with van der Waals surface area (Å²) in [6.45, 7) is 0. The number of pyridine rings is 1. The van der Waals surface area contributed by atoms with Gasteiger partial charge in [-0.15, -0.1) is 0 Å². The van der Waals surface area contributed by atoms with Crippen molar-refractivity contribution in [2.75, 3.05) is 0 Å². The highest BCUT2D eigenvalue weighted by atomic mass is 19.1. The molecular formula is C13H8FNO4. The Morgan fingerprint density at radius 2 is 1.74 bits per heavy atom. The summed E-state index contributed by atoms with van der Waals surface area (Å²) < 4.78 is 13.6. The van der Waals surface area contributed by atoms with Crippen LogP contribution in [0.25, 0.3) is 11.3 Å². The first-order valence-electron chi connectivity index (χ1n) is 5.22. The topological polar surface area (TPSA) is 87.5 Å². The van der Waals surface area contributed by atoms with Crippen LogP contribution in [0.15, 0.2) is 36.5 Å². The summed E-state index contributed by atoms with van der Waals surface area (Å²) in [5.41, 5.74) is -0.257. The Bertz CT molecular complexity index is 669. The Balaban J connectivity index is 2.57. The van der Waals surface area contributed by atoms with Crippen LogP contribution < -0.4 is 0 Å². The van der Waals surface area contributed by atoms with E-state index in [2.05, 4.69) is 4.98 Å². The number of nitrogens with zero attached hydrogens (tertiary/aromatic N) is 1. The lowest BCUT2D eigenvalue weighted by Crippen LogP contribution is -2.03. The molecule has 6 heteroatoms. The Morgan fingerprint density at radius 3 is 2.32 bits per heavy atom. The lowest BCUT2D eigenvalue weighted by molar-refractivity contribution is 0.0682. The van der Waals surface area contributed by atoms with Gasteiger partial charge in [-0.05, 0) is 24.3 Å². The third kappa shape index (κ3) is 2.42. The van der Waals surface area contributed by atoms with Crippen LogP contribution >= 0.6 is 0 Å². The molecule has 19 heavy (non-hydrogen) atoms. The molecule has 2 rings (SSSR count). The molecule has 2 aromatic rings.